The van der Waals surface area contributed by atoms with E-state index in [9.17, 15) is 8.42 Å². The Labute approximate surface area is 66.2 Å². The number of hydrogen-bond donors (Lipinski definition) is 0. The van der Waals surface area contributed by atoms with Crippen LogP contribution < -0.4 is 4.57 Å². The van der Waals surface area contributed by atoms with E-state index in [4.69, 9.17) is 0 Å². The van der Waals surface area contributed by atoms with Crippen molar-refractivity contribution >= 4 is 9.84 Å². The van der Waals surface area contributed by atoms with Crippen LogP contribution in [0.5, 0.6) is 0 Å². The number of pyridine rings is 1. The Kier molecular flexibility index (Phi) is 1.95. The van der Waals surface area contributed by atoms with Crippen LogP contribution in [-0.2, 0) is 16.9 Å². The summed E-state index contributed by atoms with van der Waals surface area (Å²) in [6, 6.07) is 3.28. The molecule has 0 aliphatic carbocycles. The minimum atomic E-state index is -3.05. The molecule has 3 nitrogen and oxygen atoms in total. The summed E-state index contributed by atoms with van der Waals surface area (Å²) in [5.74, 6) is 0. The van der Waals surface area contributed by atoms with E-state index < -0.39 is 9.84 Å². The molecule has 1 aromatic rings. The van der Waals surface area contributed by atoms with Crippen molar-refractivity contribution in [1.82, 2.24) is 0 Å². The normalized spacial score (nSPS) is 11.5. The van der Waals surface area contributed by atoms with Crippen molar-refractivity contribution in [3.8, 4) is 0 Å². The molecule has 0 amide bonds. The van der Waals surface area contributed by atoms with E-state index in [-0.39, 0.29) is 0 Å². The van der Waals surface area contributed by atoms with Crippen molar-refractivity contribution < 1.29 is 13.0 Å². The highest BCUT2D eigenvalue weighted by atomic mass is 32.2. The lowest BCUT2D eigenvalue weighted by Gasteiger charge is -1.93. The molecule has 4 heteroatoms. The summed E-state index contributed by atoms with van der Waals surface area (Å²) >= 11 is 0. The van der Waals surface area contributed by atoms with Gasteiger partial charge in [0.25, 0.3) is 0 Å². The van der Waals surface area contributed by atoms with E-state index in [0.717, 1.165) is 0 Å². The topological polar surface area (TPSA) is 38.0 Å². The van der Waals surface area contributed by atoms with Crippen molar-refractivity contribution in [3.05, 3.63) is 24.5 Å². The number of hydrogen-bond acceptors (Lipinski definition) is 2. The van der Waals surface area contributed by atoms with Crippen LogP contribution in [-0.4, -0.2) is 14.7 Å². The highest BCUT2D eigenvalue weighted by Crippen LogP contribution is 2.02. The lowest BCUT2D eigenvalue weighted by molar-refractivity contribution is -0.673. The van der Waals surface area contributed by atoms with Gasteiger partial charge in [0.2, 0.25) is 0 Å². The fourth-order valence-electron chi connectivity index (χ4n) is 0.780. The fourth-order valence-corrected chi connectivity index (χ4v) is 1.46. The maximum Gasteiger partial charge on any atom is 0.187 e. The van der Waals surface area contributed by atoms with Crippen LogP contribution in [0.3, 0.4) is 0 Å². The smallest absolute Gasteiger partial charge is 0.187 e. The zero-order valence-electron chi connectivity index (χ0n) is 6.48. The number of nitrogens with zero attached hydrogens (tertiary/aromatic N) is 1. The van der Waals surface area contributed by atoms with Gasteiger partial charge in [-0.05, 0) is 6.07 Å². The second-order valence-corrected chi connectivity index (χ2v) is 4.49. The van der Waals surface area contributed by atoms with Crippen LogP contribution in [0, 0.1) is 0 Å². The van der Waals surface area contributed by atoms with E-state index in [1.54, 1.807) is 36.1 Å². The largest absolute Gasteiger partial charge is 0.224 e. The average molecular weight is 172 g/mol. The molecular weight excluding hydrogens is 162 g/mol. The van der Waals surface area contributed by atoms with E-state index in [2.05, 4.69) is 0 Å². The quantitative estimate of drug-likeness (QED) is 0.555. The standard InChI is InChI=1S/C7H10NO2S/c1-8-5-3-4-7(6-8)11(2,9)10/h3-6H,1-2H3/q+1. The summed E-state index contributed by atoms with van der Waals surface area (Å²) in [7, 11) is -1.26. The summed E-state index contributed by atoms with van der Waals surface area (Å²) in [5.41, 5.74) is 0. The maximum atomic E-state index is 11.0. The summed E-state index contributed by atoms with van der Waals surface area (Å²) in [5, 5.41) is 0. The minimum absolute atomic E-state index is 0.350. The van der Waals surface area contributed by atoms with Gasteiger partial charge in [-0.15, -0.1) is 0 Å². The first-order valence-electron chi connectivity index (χ1n) is 3.15. The number of rotatable bonds is 1. The van der Waals surface area contributed by atoms with Gasteiger partial charge in [-0.2, -0.15) is 0 Å². The Balaban J connectivity index is 3.28. The predicted molar refractivity (Wildman–Crippen MR) is 40.7 cm³/mol. The minimum Gasteiger partial charge on any atom is -0.224 e. The van der Waals surface area contributed by atoms with Crippen molar-refractivity contribution in [2.75, 3.05) is 6.26 Å². The molecule has 0 aliphatic heterocycles. The fraction of sp³-hybridized carbons (Fsp3) is 0.286. The Morgan fingerprint density at radius 2 is 2.09 bits per heavy atom. The zero-order valence-corrected chi connectivity index (χ0v) is 7.30. The summed E-state index contributed by atoms with van der Waals surface area (Å²) in [6.45, 7) is 0. The van der Waals surface area contributed by atoms with Crippen molar-refractivity contribution in [3.63, 3.8) is 0 Å². The molecule has 0 aromatic carbocycles. The van der Waals surface area contributed by atoms with Gasteiger partial charge in [0, 0.05) is 12.3 Å². The van der Waals surface area contributed by atoms with Crippen molar-refractivity contribution in [2.24, 2.45) is 7.05 Å². The highest BCUT2D eigenvalue weighted by molar-refractivity contribution is 7.90. The predicted octanol–water partition coefficient (Wildman–Crippen LogP) is -0.0854. The SMILES string of the molecule is C[n+]1cccc(S(C)(=O)=O)c1. The van der Waals surface area contributed by atoms with Crippen LogP contribution in [0.1, 0.15) is 0 Å². The Morgan fingerprint density at radius 3 is 2.45 bits per heavy atom. The molecule has 0 atom stereocenters. The molecule has 0 radical (unpaired) electrons. The molecule has 0 N–H and O–H groups in total. The van der Waals surface area contributed by atoms with Crippen molar-refractivity contribution in [2.45, 2.75) is 4.90 Å². The van der Waals surface area contributed by atoms with Gasteiger partial charge in [-0.25, -0.2) is 13.0 Å². The van der Waals surface area contributed by atoms with Gasteiger partial charge in [-0.1, -0.05) is 0 Å². The Hall–Kier alpha value is -0.900. The number of aromatic nitrogens is 1. The third-order valence-corrected chi connectivity index (χ3v) is 2.44. The monoisotopic (exact) mass is 172 g/mol. The molecule has 0 bridgehead atoms. The molecule has 1 heterocycles. The average Bonchev–Trinajstić information content (AvgIpc) is 1.86. The highest BCUT2D eigenvalue weighted by Gasteiger charge is 2.09. The molecule has 0 spiro atoms. The van der Waals surface area contributed by atoms with Crippen LogP contribution in [0.15, 0.2) is 29.4 Å². The van der Waals surface area contributed by atoms with E-state index in [1.807, 2.05) is 0 Å². The van der Waals surface area contributed by atoms with Gasteiger partial charge in [0.1, 0.15) is 11.9 Å². The first-order chi connectivity index (χ1) is 5.00. The van der Waals surface area contributed by atoms with Crippen LogP contribution in [0.4, 0.5) is 0 Å². The van der Waals surface area contributed by atoms with Gasteiger partial charge >= 0.3 is 0 Å². The van der Waals surface area contributed by atoms with Crippen LogP contribution >= 0.6 is 0 Å². The first kappa shape index (κ1) is 8.20. The van der Waals surface area contributed by atoms with E-state index >= 15 is 0 Å². The molecule has 0 unspecified atom stereocenters. The summed E-state index contributed by atoms with van der Waals surface area (Å²) < 4.78 is 23.6. The Morgan fingerprint density at radius 1 is 1.45 bits per heavy atom. The van der Waals surface area contributed by atoms with Crippen molar-refractivity contribution in [1.29, 1.82) is 0 Å². The lowest BCUT2D eigenvalue weighted by atomic mass is 10.5. The molecule has 11 heavy (non-hydrogen) atoms. The lowest BCUT2D eigenvalue weighted by Crippen LogP contribution is -2.27. The van der Waals surface area contributed by atoms with Crippen LogP contribution in [0.25, 0.3) is 0 Å². The molecule has 1 aromatic heterocycles. The Bertz CT molecular complexity index is 356. The van der Waals surface area contributed by atoms with E-state index in [1.165, 1.54) is 6.26 Å². The maximum absolute atomic E-state index is 11.0. The summed E-state index contributed by atoms with van der Waals surface area (Å²) in [4.78, 5) is 0.350. The second kappa shape index (κ2) is 2.62. The van der Waals surface area contributed by atoms with Gasteiger partial charge in [0.15, 0.2) is 22.2 Å². The molecule has 0 fully saturated rings. The second-order valence-electron chi connectivity index (χ2n) is 2.48. The summed E-state index contributed by atoms with van der Waals surface area (Å²) in [6.07, 6.45) is 4.56. The van der Waals surface area contributed by atoms with Gasteiger partial charge in [-0.3, -0.25) is 0 Å². The molecule has 0 saturated heterocycles. The van der Waals surface area contributed by atoms with Gasteiger partial charge in [0.05, 0.1) is 0 Å². The molecular formula is C7H10NO2S+. The molecule has 60 valence electrons. The molecule has 0 aliphatic rings. The number of aryl methyl sites for hydroxylation is 1. The zero-order chi connectivity index (χ0) is 8.48. The number of sulfone groups is 1. The van der Waals surface area contributed by atoms with Crippen LogP contribution in [0.2, 0.25) is 0 Å². The third kappa shape index (κ3) is 2.01. The first-order valence-corrected chi connectivity index (χ1v) is 5.04. The van der Waals surface area contributed by atoms with Gasteiger partial charge < -0.3 is 0 Å². The molecule has 1 rings (SSSR count). The third-order valence-electron chi connectivity index (χ3n) is 1.34. The van der Waals surface area contributed by atoms with E-state index in [0.29, 0.717) is 4.90 Å². The molecule has 0 saturated carbocycles.